The van der Waals surface area contributed by atoms with Crippen LogP contribution >= 0.6 is 11.6 Å². The van der Waals surface area contributed by atoms with E-state index in [2.05, 4.69) is 5.32 Å². The smallest absolute Gasteiger partial charge is 0.224 e. The van der Waals surface area contributed by atoms with Gasteiger partial charge in [0.2, 0.25) is 5.91 Å². The summed E-state index contributed by atoms with van der Waals surface area (Å²) in [4.78, 5) is 11.3. The van der Waals surface area contributed by atoms with Crippen molar-refractivity contribution in [3.63, 3.8) is 0 Å². The number of carbonyl (C=O) groups excluding carboxylic acids is 1. The minimum absolute atomic E-state index is 0.0414. The number of rotatable bonds is 4. The molecule has 1 unspecified atom stereocenters. The Labute approximate surface area is 97.6 Å². The molecule has 0 aliphatic carbocycles. The van der Waals surface area contributed by atoms with Crippen LogP contribution in [0.15, 0.2) is 18.2 Å². The van der Waals surface area contributed by atoms with Crippen LogP contribution in [0.1, 0.15) is 12.5 Å². The number of nitrogens with one attached hydrogen (secondary N) is 1. The molecule has 0 aromatic heterocycles. The van der Waals surface area contributed by atoms with Gasteiger partial charge in [-0.3, -0.25) is 4.79 Å². The summed E-state index contributed by atoms with van der Waals surface area (Å²) < 4.78 is 26.0. The molecule has 0 saturated heterocycles. The van der Waals surface area contributed by atoms with E-state index in [1.54, 1.807) is 6.92 Å². The van der Waals surface area contributed by atoms with Gasteiger partial charge >= 0.3 is 0 Å². The molecule has 0 bridgehead atoms. The van der Waals surface area contributed by atoms with Gasteiger partial charge in [-0.1, -0.05) is 12.1 Å². The lowest BCUT2D eigenvalue weighted by Crippen LogP contribution is -2.30. The molecule has 0 aliphatic rings. The average Bonchev–Trinajstić information content (AvgIpc) is 2.22. The zero-order valence-electron chi connectivity index (χ0n) is 8.77. The van der Waals surface area contributed by atoms with Gasteiger partial charge in [0.05, 0.1) is 6.42 Å². The molecule has 1 rings (SSSR count). The van der Waals surface area contributed by atoms with Gasteiger partial charge in [0.1, 0.15) is 0 Å². The van der Waals surface area contributed by atoms with Crippen molar-refractivity contribution >= 4 is 17.5 Å². The van der Waals surface area contributed by atoms with Crippen LogP contribution in [0, 0.1) is 11.6 Å². The first-order valence-electron chi connectivity index (χ1n) is 4.84. The third-order valence-electron chi connectivity index (χ3n) is 1.96. The highest BCUT2D eigenvalue weighted by atomic mass is 35.5. The molecule has 0 radical (unpaired) electrons. The molecule has 5 heteroatoms. The number of hydrogen-bond acceptors (Lipinski definition) is 1. The lowest BCUT2D eigenvalue weighted by atomic mass is 10.1. The van der Waals surface area contributed by atoms with Gasteiger partial charge in [-0.2, -0.15) is 0 Å². The van der Waals surface area contributed by atoms with Crippen molar-refractivity contribution in [2.75, 3.05) is 6.54 Å². The van der Waals surface area contributed by atoms with Crippen LogP contribution in [0.4, 0.5) is 8.78 Å². The van der Waals surface area contributed by atoms with E-state index in [4.69, 9.17) is 11.6 Å². The van der Waals surface area contributed by atoms with Gasteiger partial charge in [0.15, 0.2) is 11.6 Å². The molecule has 1 N–H and O–H groups in total. The first-order chi connectivity index (χ1) is 7.50. The Bertz CT molecular complexity index is 382. The van der Waals surface area contributed by atoms with Crippen molar-refractivity contribution in [1.82, 2.24) is 5.32 Å². The van der Waals surface area contributed by atoms with Crippen molar-refractivity contribution in [3.8, 4) is 0 Å². The van der Waals surface area contributed by atoms with Crippen molar-refractivity contribution < 1.29 is 13.6 Å². The fourth-order valence-electron chi connectivity index (χ4n) is 1.17. The summed E-state index contributed by atoms with van der Waals surface area (Å²) in [6, 6.07) is 3.75. The molecular weight excluding hydrogens is 236 g/mol. The minimum atomic E-state index is -0.975. The average molecular weight is 248 g/mol. The molecule has 2 nitrogen and oxygen atoms in total. The summed E-state index contributed by atoms with van der Waals surface area (Å²) in [5.41, 5.74) is 0.0414. The standard InChI is InChI=1S/C11H12ClF2NO/c1-7(12)6-15-10(16)5-8-3-2-4-9(13)11(8)14/h2-4,7H,5-6H2,1H3,(H,15,16). The van der Waals surface area contributed by atoms with Crippen LogP contribution < -0.4 is 5.32 Å². The highest BCUT2D eigenvalue weighted by Crippen LogP contribution is 2.11. The monoisotopic (exact) mass is 247 g/mol. The van der Waals surface area contributed by atoms with Crippen LogP contribution in [0.3, 0.4) is 0 Å². The van der Waals surface area contributed by atoms with Crippen LogP contribution in [-0.4, -0.2) is 17.8 Å². The zero-order valence-corrected chi connectivity index (χ0v) is 9.52. The topological polar surface area (TPSA) is 29.1 Å². The Morgan fingerprint density at radius 1 is 1.50 bits per heavy atom. The Hall–Kier alpha value is -1.16. The lowest BCUT2D eigenvalue weighted by molar-refractivity contribution is -0.120. The van der Waals surface area contributed by atoms with Crippen LogP contribution in [0.5, 0.6) is 0 Å². The van der Waals surface area contributed by atoms with Gasteiger partial charge < -0.3 is 5.32 Å². The third kappa shape index (κ3) is 3.77. The van der Waals surface area contributed by atoms with Crippen molar-refractivity contribution in [2.45, 2.75) is 18.7 Å². The SMILES string of the molecule is CC(Cl)CNC(=O)Cc1cccc(F)c1F. The van der Waals surface area contributed by atoms with Crippen molar-refractivity contribution in [2.24, 2.45) is 0 Å². The highest BCUT2D eigenvalue weighted by Gasteiger charge is 2.11. The van der Waals surface area contributed by atoms with E-state index in [9.17, 15) is 13.6 Å². The van der Waals surface area contributed by atoms with Crippen LogP contribution in [-0.2, 0) is 11.2 Å². The number of hydrogen-bond donors (Lipinski definition) is 1. The minimum Gasteiger partial charge on any atom is -0.354 e. The maximum Gasteiger partial charge on any atom is 0.224 e. The summed E-state index contributed by atoms with van der Waals surface area (Å²) in [7, 11) is 0. The first-order valence-corrected chi connectivity index (χ1v) is 5.28. The highest BCUT2D eigenvalue weighted by molar-refractivity contribution is 6.20. The fraction of sp³-hybridized carbons (Fsp3) is 0.364. The van der Waals surface area contributed by atoms with Gasteiger partial charge in [-0.25, -0.2) is 8.78 Å². The summed E-state index contributed by atoms with van der Waals surface area (Å²) >= 11 is 5.63. The van der Waals surface area contributed by atoms with Crippen molar-refractivity contribution in [3.05, 3.63) is 35.4 Å². The Morgan fingerprint density at radius 3 is 2.81 bits per heavy atom. The van der Waals surface area contributed by atoms with Gasteiger partial charge in [-0.15, -0.1) is 11.6 Å². The maximum absolute atomic E-state index is 13.2. The second-order valence-electron chi connectivity index (χ2n) is 3.47. The van der Waals surface area contributed by atoms with Gasteiger partial charge in [0.25, 0.3) is 0 Å². The second-order valence-corrected chi connectivity index (χ2v) is 4.22. The van der Waals surface area contributed by atoms with Crippen LogP contribution in [0.2, 0.25) is 0 Å². The summed E-state index contributed by atoms with van der Waals surface area (Å²) in [6.45, 7) is 2.03. The molecule has 1 atom stereocenters. The van der Waals surface area contributed by atoms with E-state index in [1.807, 2.05) is 0 Å². The quantitative estimate of drug-likeness (QED) is 0.813. The van der Waals surface area contributed by atoms with Crippen LogP contribution in [0.25, 0.3) is 0 Å². The molecule has 0 saturated carbocycles. The Balaban J connectivity index is 2.59. The predicted octanol–water partition coefficient (Wildman–Crippen LogP) is 2.25. The molecule has 0 heterocycles. The second kappa shape index (κ2) is 5.80. The number of alkyl halides is 1. The molecule has 88 valence electrons. The lowest BCUT2D eigenvalue weighted by Gasteiger charge is -2.07. The van der Waals surface area contributed by atoms with Crippen molar-refractivity contribution in [1.29, 1.82) is 0 Å². The Kier molecular flexibility index (Phi) is 4.68. The molecule has 0 aliphatic heterocycles. The molecule has 1 amide bonds. The van der Waals surface area contributed by atoms with E-state index < -0.39 is 11.6 Å². The van der Waals surface area contributed by atoms with E-state index in [0.29, 0.717) is 6.54 Å². The number of benzene rings is 1. The Morgan fingerprint density at radius 2 is 2.19 bits per heavy atom. The molecule has 1 aromatic rings. The maximum atomic E-state index is 13.2. The normalized spacial score (nSPS) is 12.2. The zero-order chi connectivity index (χ0) is 12.1. The molecule has 1 aromatic carbocycles. The fourth-order valence-corrected chi connectivity index (χ4v) is 1.25. The third-order valence-corrected chi connectivity index (χ3v) is 2.12. The van der Waals surface area contributed by atoms with E-state index in [-0.39, 0.29) is 23.3 Å². The predicted molar refractivity (Wildman–Crippen MR) is 58.4 cm³/mol. The molecular formula is C11H12ClF2NO. The molecule has 0 fully saturated rings. The molecule has 0 spiro atoms. The van der Waals surface area contributed by atoms with E-state index >= 15 is 0 Å². The molecule has 16 heavy (non-hydrogen) atoms. The summed E-state index contributed by atoms with van der Waals surface area (Å²) in [5, 5.41) is 2.32. The summed E-state index contributed by atoms with van der Waals surface area (Å²) in [5.74, 6) is -2.30. The van der Waals surface area contributed by atoms with Gasteiger partial charge in [0, 0.05) is 17.5 Å². The first kappa shape index (κ1) is 12.9. The summed E-state index contributed by atoms with van der Waals surface area (Å²) in [6.07, 6.45) is -0.187. The largest absolute Gasteiger partial charge is 0.354 e. The van der Waals surface area contributed by atoms with E-state index in [0.717, 1.165) is 6.07 Å². The number of amides is 1. The number of halogens is 3. The van der Waals surface area contributed by atoms with Gasteiger partial charge in [-0.05, 0) is 13.0 Å². The van der Waals surface area contributed by atoms with E-state index in [1.165, 1.54) is 12.1 Å². The number of carbonyl (C=O) groups is 1.